The summed E-state index contributed by atoms with van der Waals surface area (Å²) in [6, 6.07) is 1.16. The molecule has 2 aliphatic rings. The third kappa shape index (κ3) is 4.40. The lowest BCUT2D eigenvalue weighted by atomic mass is 9.99. The lowest BCUT2D eigenvalue weighted by molar-refractivity contribution is 0.0569. The van der Waals surface area contributed by atoms with E-state index < -0.39 is 0 Å². The molecule has 0 bridgehead atoms. The second-order valence-corrected chi connectivity index (χ2v) is 9.28. The molecule has 0 spiro atoms. The molecule has 6 nitrogen and oxygen atoms in total. The Labute approximate surface area is 152 Å². The average molecular weight is 349 g/mol. The van der Waals surface area contributed by atoms with Gasteiger partial charge in [-0.25, -0.2) is 4.68 Å². The van der Waals surface area contributed by atoms with Gasteiger partial charge in [-0.1, -0.05) is 26.7 Å². The third-order valence-electron chi connectivity index (χ3n) is 5.75. The van der Waals surface area contributed by atoms with E-state index in [4.69, 9.17) is 0 Å². The molecule has 6 heteroatoms. The quantitative estimate of drug-likeness (QED) is 0.818. The highest BCUT2D eigenvalue weighted by Crippen LogP contribution is 2.31. The maximum Gasteiger partial charge on any atom is 0.168 e. The van der Waals surface area contributed by atoms with Crippen LogP contribution in [0.15, 0.2) is 0 Å². The summed E-state index contributed by atoms with van der Waals surface area (Å²) in [4.78, 5) is 5.35. The van der Waals surface area contributed by atoms with E-state index in [1.807, 2.05) is 4.68 Å². The number of piperazine rings is 1. The van der Waals surface area contributed by atoms with E-state index in [2.05, 4.69) is 59.9 Å². The van der Waals surface area contributed by atoms with Gasteiger partial charge in [-0.2, -0.15) is 0 Å². The van der Waals surface area contributed by atoms with Crippen LogP contribution in [-0.4, -0.2) is 62.2 Å². The van der Waals surface area contributed by atoms with Gasteiger partial charge in [0.25, 0.3) is 0 Å². The molecule has 0 amide bonds. The summed E-state index contributed by atoms with van der Waals surface area (Å²) in [5, 5.41) is 12.8. The number of tetrazole rings is 1. The zero-order chi connectivity index (χ0) is 18.0. The zero-order valence-corrected chi connectivity index (χ0v) is 16.8. The van der Waals surface area contributed by atoms with Crippen LogP contribution < -0.4 is 0 Å². The smallest absolute Gasteiger partial charge is 0.168 e. The van der Waals surface area contributed by atoms with Gasteiger partial charge in [0, 0.05) is 32.2 Å². The summed E-state index contributed by atoms with van der Waals surface area (Å²) >= 11 is 0. The van der Waals surface area contributed by atoms with E-state index in [0.29, 0.717) is 12.0 Å². The SMILES string of the molecule is CC(C)C[C@@H](c1nnnn1C(C)(C)C)N1CCN(C2CCCC2)CC1. The largest absolute Gasteiger partial charge is 0.298 e. The topological polar surface area (TPSA) is 50.1 Å². The molecule has 0 aromatic carbocycles. The van der Waals surface area contributed by atoms with Crippen molar-refractivity contribution in [3.8, 4) is 0 Å². The minimum atomic E-state index is -0.0836. The first-order valence-corrected chi connectivity index (χ1v) is 10.1. The lowest BCUT2D eigenvalue weighted by Gasteiger charge is -2.42. The van der Waals surface area contributed by atoms with E-state index in [0.717, 1.165) is 31.4 Å². The monoisotopic (exact) mass is 348 g/mol. The van der Waals surface area contributed by atoms with E-state index in [1.54, 1.807) is 0 Å². The van der Waals surface area contributed by atoms with Crippen molar-refractivity contribution in [3.05, 3.63) is 5.82 Å². The minimum Gasteiger partial charge on any atom is -0.298 e. The van der Waals surface area contributed by atoms with E-state index in [-0.39, 0.29) is 5.54 Å². The predicted molar refractivity (Wildman–Crippen MR) is 100 cm³/mol. The van der Waals surface area contributed by atoms with Gasteiger partial charge < -0.3 is 0 Å². The fourth-order valence-corrected chi connectivity index (χ4v) is 4.43. The summed E-state index contributed by atoms with van der Waals surface area (Å²) in [6.07, 6.45) is 6.75. The molecule has 1 aromatic heterocycles. The Morgan fingerprint density at radius 2 is 1.68 bits per heavy atom. The molecular formula is C19H36N6. The number of aromatic nitrogens is 4. The van der Waals surface area contributed by atoms with Crippen molar-refractivity contribution in [3.63, 3.8) is 0 Å². The minimum absolute atomic E-state index is 0.0836. The van der Waals surface area contributed by atoms with Crippen molar-refractivity contribution in [2.75, 3.05) is 26.2 Å². The summed E-state index contributed by atoms with van der Waals surface area (Å²) in [5.41, 5.74) is -0.0836. The predicted octanol–water partition coefficient (Wildman–Crippen LogP) is 3.08. The third-order valence-corrected chi connectivity index (χ3v) is 5.75. The second kappa shape index (κ2) is 7.70. The van der Waals surface area contributed by atoms with Crippen molar-refractivity contribution in [1.29, 1.82) is 0 Å². The molecule has 1 aromatic rings. The normalized spacial score (nSPS) is 22.8. The van der Waals surface area contributed by atoms with E-state index in [1.165, 1.54) is 38.8 Å². The van der Waals surface area contributed by atoms with Crippen LogP contribution in [0, 0.1) is 5.92 Å². The van der Waals surface area contributed by atoms with Crippen LogP contribution >= 0.6 is 0 Å². The number of hydrogen-bond donors (Lipinski definition) is 0. The highest BCUT2D eigenvalue weighted by Gasteiger charge is 2.34. The highest BCUT2D eigenvalue weighted by atomic mass is 15.6. The molecule has 0 N–H and O–H groups in total. The molecule has 0 unspecified atom stereocenters. The van der Waals surface area contributed by atoms with Crippen LogP contribution in [0.3, 0.4) is 0 Å². The van der Waals surface area contributed by atoms with Crippen molar-refractivity contribution < 1.29 is 0 Å². The van der Waals surface area contributed by atoms with Crippen LogP contribution in [0.1, 0.15) is 78.6 Å². The molecule has 25 heavy (non-hydrogen) atoms. The van der Waals surface area contributed by atoms with Crippen LogP contribution in [-0.2, 0) is 5.54 Å². The van der Waals surface area contributed by atoms with Crippen LogP contribution in [0.2, 0.25) is 0 Å². The molecule has 2 heterocycles. The molecule has 2 fully saturated rings. The molecular weight excluding hydrogens is 312 g/mol. The molecule has 1 aliphatic carbocycles. The fraction of sp³-hybridized carbons (Fsp3) is 0.947. The fourth-order valence-electron chi connectivity index (χ4n) is 4.43. The van der Waals surface area contributed by atoms with Crippen molar-refractivity contribution in [2.24, 2.45) is 5.92 Å². The highest BCUT2D eigenvalue weighted by molar-refractivity contribution is 4.99. The summed E-state index contributed by atoms with van der Waals surface area (Å²) in [7, 11) is 0. The van der Waals surface area contributed by atoms with Gasteiger partial charge in [0.15, 0.2) is 5.82 Å². The standard InChI is InChI=1S/C19H36N6/c1-15(2)14-17(18-20-21-22-25(18)19(3,4)5)24-12-10-23(11-13-24)16-8-6-7-9-16/h15-17H,6-14H2,1-5H3/t17-/m0/s1. The zero-order valence-electron chi connectivity index (χ0n) is 16.8. The molecule has 1 saturated heterocycles. The molecule has 3 rings (SSSR count). The molecule has 0 radical (unpaired) electrons. The molecule has 1 atom stereocenters. The van der Waals surface area contributed by atoms with Gasteiger partial charge in [-0.15, -0.1) is 5.10 Å². The summed E-state index contributed by atoms with van der Waals surface area (Å²) < 4.78 is 2.03. The Morgan fingerprint density at radius 3 is 2.24 bits per heavy atom. The van der Waals surface area contributed by atoms with E-state index >= 15 is 0 Å². The Bertz CT molecular complexity index is 532. The Morgan fingerprint density at radius 1 is 1.04 bits per heavy atom. The van der Waals surface area contributed by atoms with Crippen molar-refractivity contribution in [1.82, 2.24) is 30.0 Å². The number of nitrogens with zero attached hydrogens (tertiary/aromatic N) is 6. The Kier molecular flexibility index (Phi) is 5.78. The molecule has 142 valence electrons. The molecule has 1 aliphatic heterocycles. The van der Waals surface area contributed by atoms with Gasteiger partial charge in [0.2, 0.25) is 0 Å². The maximum absolute atomic E-state index is 4.45. The first-order valence-electron chi connectivity index (χ1n) is 10.1. The number of rotatable bonds is 5. The first-order chi connectivity index (χ1) is 11.9. The summed E-state index contributed by atoms with van der Waals surface area (Å²) in [6.45, 7) is 15.8. The van der Waals surface area contributed by atoms with Crippen LogP contribution in [0.4, 0.5) is 0 Å². The van der Waals surface area contributed by atoms with Crippen molar-refractivity contribution >= 4 is 0 Å². The van der Waals surface area contributed by atoms with Crippen LogP contribution in [0.5, 0.6) is 0 Å². The maximum atomic E-state index is 4.45. The average Bonchev–Trinajstić information content (AvgIpc) is 3.23. The Hall–Kier alpha value is -1.01. The van der Waals surface area contributed by atoms with Gasteiger partial charge in [0.05, 0.1) is 11.6 Å². The van der Waals surface area contributed by atoms with Gasteiger partial charge >= 0.3 is 0 Å². The van der Waals surface area contributed by atoms with Gasteiger partial charge in [-0.3, -0.25) is 9.80 Å². The van der Waals surface area contributed by atoms with Gasteiger partial charge in [0.1, 0.15) is 0 Å². The summed E-state index contributed by atoms with van der Waals surface area (Å²) in [5.74, 6) is 1.67. The lowest BCUT2D eigenvalue weighted by Crippen LogP contribution is -2.51. The second-order valence-electron chi connectivity index (χ2n) is 9.28. The molecule has 1 saturated carbocycles. The Balaban J connectivity index is 1.73. The van der Waals surface area contributed by atoms with Crippen molar-refractivity contribution in [2.45, 2.75) is 84.3 Å². The van der Waals surface area contributed by atoms with E-state index in [9.17, 15) is 0 Å². The number of hydrogen-bond acceptors (Lipinski definition) is 5. The van der Waals surface area contributed by atoms with Gasteiger partial charge in [-0.05, 0) is 56.4 Å². The van der Waals surface area contributed by atoms with Crippen LogP contribution in [0.25, 0.3) is 0 Å². The first kappa shape index (κ1) is 18.8.